The Labute approximate surface area is 644 Å². The molecule has 0 aliphatic carbocycles. The maximum atomic E-state index is 6.56. The molecule has 0 N–H and O–H groups in total. The third-order valence-electron chi connectivity index (χ3n) is 23.3. The molecule has 14 aromatic carbocycles. The highest BCUT2D eigenvalue weighted by molar-refractivity contribution is 7.00. The SMILES string of the molecule is CC(C)(C)c1ccc(-c2cc3c4c(c2)N(c2c(-c5ccccc5)cc(C(C)(C)C)cc2-c2ccccc2)c2cc(-n5c6ccc(C(C)(C)C)cc6c6cc(C(C)(C)C)ccc65)ccc2B4c2ccc(-c4ccc5oc6ccccc6c5c4)cc2N3c2c(-c3ccccc3)cc(C(C)(C)C)cc2-c2ccccc2)cc1. The lowest BCUT2D eigenvalue weighted by atomic mass is 9.33. The lowest BCUT2D eigenvalue weighted by Gasteiger charge is -2.46. The molecule has 2 aliphatic rings. The standard InChI is InChI=1S/C104H94BN3O/c1-100(2,3)73-44-40-65(41-45-73)72-56-93-97-94(57-72)108(99-82(68-34-24-18-25-35-68)62-77(104(13,14)15)63-83(99)69-36-26-19-27-37-69)92-64-78(106-89-51-46-74(101(4,5)6)58-84(89)85-59-75(102(7,8)9)47-52-90(85)106)48-50-88(92)105(97)87-49-42-71(70-43-53-96-86(54-70)79-38-28-29-39-95(79)109-96)55-91(87)107(93)98-80(66-30-20-16-21-31-66)60-76(103(10,11)12)61-81(98)67-32-22-17-23-33-67/h16-64H,1-15H3. The molecule has 0 unspecified atom stereocenters. The van der Waals surface area contributed by atoms with Gasteiger partial charge in [0.2, 0.25) is 0 Å². The van der Waals surface area contributed by atoms with Gasteiger partial charge in [-0.05, 0) is 213 Å². The van der Waals surface area contributed by atoms with E-state index in [4.69, 9.17) is 4.42 Å². The van der Waals surface area contributed by atoms with Crippen LogP contribution in [0.1, 0.15) is 132 Å². The van der Waals surface area contributed by atoms with Crippen LogP contribution in [0.25, 0.3) is 116 Å². The molecule has 0 saturated carbocycles. The second-order valence-electron chi connectivity index (χ2n) is 35.8. The number of nitrogens with zero attached hydrogens (tertiary/aromatic N) is 3. The minimum Gasteiger partial charge on any atom is -0.456 e. The van der Waals surface area contributed by atoms with Gasteiger partial charge in [0.1, 0.15) is 11.2 Å². The molecule has 5 heteroatoms. The fourth-order valence-corrected chi connectivity index (χ4v) is 17.2. The Morgan fingerprint density at radius 1 is 0.248 bits per heavy atom. The molecule has 2 aromatic heterocycles. The number of benzene rings is 14. The molecule has 2 aliphatic heterocycles. The highest BCUT2D eigenvalue weighted by atomic mass is 16.3. The number of aromatic nitrogens is 1. The van der Waals surface area contributed by atoms with Crippen LogP contribution in [0.2, 0.25) is 0 Å². The van der Waals surface area contributed by atoms with Crippen molar-refractivity contribution in [3.63, 3.8) is 0 Å². The summed E-state index contributed by atoms with van der Waals surface area (Å²) >= 11 is 0. The van der Waals surface area contributed by atoms with Crippen LogP contribution in [-0.4, -0.2) is 11.3 Å². The number of furan rings is 1. The number of fused-ring (bicyclic) bond motifs is 10. The average molecular weight is 1410 g/mol. The first kappa shape index (κ1) is 69.1. The lowest BCUT2D eigenvalue weighted by Crippen LogP contribution is -2.61. The van der Waals surface area contributed by atoms with Crippen LogP contribution in [0.15, 0.2) is 302 Å². The summed E-state index contributed by atoms with van der Waals surface area (Å²) in [5.41, 5.74) is 35.1. The fourth-order valence-electron chi connectivity index (χ4n) is 17.2. The van der Waals surface area contributed by atoms with E-state index in [1.54, 1.807) is 0 Å². The van der Waals surface area contributed by atoms with E-state index in [0.717, 1.165) is 129 Å². The molecular weight excluding hydrogens is 1320 g/mol. The van der Waals surface area contributed by atoms with Crippen molar-refractivity contribution in [2.45, 2.75) is 131 Å². The zero-order valence-corrected chi connectivity index (χ0v) is 65.6. The predicted octanol–water partition coefficient (Wildman–Crippen LogP) is 27.3. The van der Waals surface area contributed by atoms with E-state index in [1.807, 2.05) is 0 Å². The molecule has 0 fully saturated rings. The van der Waals surface area contributed by atoms with Crippen molar-refractivity contribution in [3.8, 4) is 72.4 Å². The molecule has 0 amide bonds. The molecule has 16 aromatic rings. The summed E-state index contributed by atoms with van der Waals surface area (Å²) in [4.78, 5) is 5.46. The molecule has 4 heterocycles. The van der Waals surface area contributed by atoms with Gasteiger partial charge in [0.05, 0.1) is 22.4 Å². The lowest BCUT2D eigenvalue weighted by molar-refractivity contribution is 0.590. The van der Waals surface area contributed by atoms with Gasteiger partial charge in [-0.15, -0.1) is 0 Å². The Hall–Kier alpha value is -11.7. The number of para-hydroxylation sites is 1. The molecule has 0 spiro atoms. The van der Waals surface area contributed by atoms with E-state index in [-0.39, 0.29) is 33.8 Å². The van der Waals surface area contributed by atoms with Crippen molar-refractivity contribution in [2.24, 2.45) is 0 Å². The third kappa shape index (κ3) is 11.9. The summed E-state index contributed by atoms with van der Waals surface area (Å²) in [6, 6.07) is 114. The van der Waals surface area contributed by atoms with E-state index in [9.17, 15) is 0 Å². The summed E-state index contributed by atoms with van der Waals surface area (Å²) in [7, 11) is 0. The maximum absolute atomic E-state index is 6.56. The highest BCUT2D eigenvalue weighted by Crippen LogP contribution is 2.56. The quantitative estimate of drug-likeness (QED) is 0.135. The van der Waals surface area contributed by atoms with Crippen LogP contribution in [0.4, 0.5) is 34.1 Å². The van der Waals surface area contributed by atoms with Gasteiger partial charge < -0.3 is 18.8 Å². The molecule has 4 nitrogen and oxygen atoms in total. The van der Waals surface area contributed by atoms with Crippen LogP contribution in [0, 0.1) is 0 Å². The first-order valence-corrected chi connectivity index (χ1v) is 39.0. The topological polar surface area (TPSA) is 24.6 Å². The first-order chi connectivity index (χ1) is 52.2. The van der Waals surface area contributed by atoms with Crippen molar-refractivity contribution < 1.29 is 4.42 Å². The maximum Gasteiger partial charge on any atom is 0.252 e. The first-order valence-electron chi connectivity index (χ1n) is 39.0. The van der Waals surface area contributed by atoms with Crippen molar-refractivity contribution >= 4 is 101 Å². The Morgan fingerprint density at radius 3 is 1.06 bits per heavy atom. The molecule has 0 radical (unpaired) electrons. The summed E-state index contributed by atoms with van der Waals surface area (Å²) in [6.07, 6.45) is 0. The van der Waals surface area contributed by atoms with E-state index in [0.29, 0.717) is 0 Å². The Kier molecular flexibility index (Phi) is 16.2. The van der Waals surface area contributed by atoms with Gasteiger partial charge in [-0.1, -0.05) is 304 Å². The summed E-state index contributed by atoms with van der Waals surface area (Å²) in [5.74, 6) is 0. The molecule has 0 atom stereocenters. The fraction of sp³-hybridized carbons (Fsp3) is 0.192. The van der Waals surface area contributed by atoms with E-state index in [1.165, 1.54) is 66.0 Å². The normalized spacial score (nSPS) is 13.2. The Morgan fingerprint density at radius 2 is 0.615 bits per heavy atom. The van der Waals surface area contributed by atoms with Crippen molar-refractivity contribution in [2.75, 3.05) is 9.80 Å². The van der Waals surface area contributed by atoms with E-state index < -0.39 is 0 Å². The zero-order valence-electron chi connectivity index (χ0n) is 65.6. The average Bonchev–Trinajstić information content (AvgIpc) is 1.19. The third-order valence-corrected chi connectivity index (χ3v) is 23.3. The minimum absolute atomic E-state index is 0.0667. The Balaban J connectivity index is 1.03. The van der Waals surface area contributed by atoms with Gasteiger partial charge in [0, 0.05) is 72.2 Å². The predicted molar refractivity (Wildman–Crippen MR) is 468 cm³/mol. The number of hydrogen-bond acceptors (Lipinski definition) is 3. The molecule has 534 valence electrons. The largest absolute Gasteiger partial charge is 0.456 e. The summed E-state index contributed by atoms with van der Waals surface area (Å²) in [5, 5.41) is 4.72. The second-order valence-corrected chi connectivity index (χ2v) is 35.8. The smallest absolute Gasteiger partial charge is 0.252 e. The second kappa shape index (κ2) is 25.5. The van der Waals surface area contributed by atoms with Gasteiger partial charge in [0.25, 0.3) is 6.71 Å². The monoisotopic (exact) mass is 1410 g/mol. The van der Waals surface area contributed by atoms with Crippen LogP contribution in [0.5, 0.6) is 0 Å². The highest BCUT2D eigenvalue weighted by Gasteiger charge is 2.46. The van der Waals surface area contributed by atoms with Gasteiger partial charge >= 0.3 is 0 Å². The van der Waals surface area contributed by atoms with Crippen molar-refractivity contribution in [3.05, 3.63) is 325 Å². The van der Waals surface area contributed by atoms with Gasteiger partial charge in [0.15, 0.2) is 0 Å². The summed E-state index contributed by atoms with van der Waals surface area (Å²) < 4.78 is 9.13. The van der Waals surface area contributed by atoms with Crippen LogP contribution in [-0.2, 0) is 27.1 Å². The van der Waals surface area contributed by atoms with Gasteiger partial charge in [-0.2, -0.15) is 0 Å². The van der Waals surface area contributed by atoms with Gasteiger partial charge in [-0.3, -0.25) is 0 Å². The Bertz CT molecular complexity index is 6090. The van der Waals surface area contributed by atoms with Gasteiger partial charge in [-0.25, -0.2) is 0 Å². The van der Waals surface area contributed by atoms with E-state index in [2.05, 4.69) is 415 Å². The molecular formula is C104H94BN3O. The molecule has 18 rings (SSSR count). The molecule has 0 saturated heterocycles. The number of hydrogen-bond donors (Lipinski definition) is 0. The van der Waals surface area contributed by atoms with Crippen LogP contribution >= 0.6 is 0 Å². The number of anilines is 6. The summed E-state index contributed by atoms with van der Waals surface area (Å²) in [6.45, 7) is 34.8. The minimum atomic E-state index is -0.270. The van der Waals surface area contributed by atoms with Crippen molar-refractivity contribution in [1.82, 2.24) is 4.57 Å². The zero-order chi connectivity index (χ0) is 75.4. The van der Waals surface area contributed by atoms with E-state index >= 15 is 0 Å². The van der Waals surface area contributed by atoms with Crippen molar-refractivity contribution in [1.29, 1.82) is 0 Å². The van der Waals surface area contributed by atoms with Crippen LogP contribution < -0.4 is 26.2 Å². The van der Waals surface area contributed by atoms with Crippen LogP contribution in [0.3, 0.4) is 0 Å². The molecule has 109 heavy (non-hydrogen) atoms. The number of rotatable bonds is 9. The molecule has 0 bridgehead atoms.